The van der Waals surface area contributed by atoms with Gasteiger partial charge in [-0.3, -0.25) is 19.3 Å². The number of carbonyl (C=O) groups excluding carboxylic acids is 3. The third kappa shape index (κ3) is 6.28. The molecule has 1 saturated heterocycles. The normalized spacial score (nSPS) is 18.4. The van der Waals surface area contributed by atoms with Gasteiger partial charge in [-0.25, -0.2) is 13.1 Å². The summed E-state index contributed by atoms with van der Waals surface area (Å²) < 4.78 is 25.0. The molecule has 2 aliphatic rings. The number of benzene rings is 2. The van der Waals surface area contributed by atoms with Crippen LogP contribution in [-0.4, -0.2) is 80.1 Å². The number of nitrogens with zero attached hydrogens (tertiary/aromatic N) is 2. The van der Waals surface area contributed by atoms with Crippen LogP contribution in [0.25, 0.3) is 0 Å². The molecule has 0 bridgehead atoms. The number of nitrogens with one attached hydrogen (secondary N) is 2. The first-order valence-corrected chi connectivity index (χ1v) is 13.6. The fourth-order valence-corrected chi connectivity index (χ4v) is 5.09. The van der Waals surface area contributed by atoms with Crippen LogP contribution in [0.5, 0.6) is 0 Å². The van der Waals surface area contributed by atoms with Crippen molar-refractivity contribution in [3.05, 3.63) is 64.7 Å². The van der Waals surface area contributed by atoms with E-state index in [-0.39, 0.29) is 23.8 Å². The summed E-state index contributed by atoms with van der Waals surface area (Å²) in [4.78, 5) is 41.1. The Bertz CT molecular complexity index is 1300. The summed E-state index contributed by atoms with van der Waals surface area (Å²) in [6.45, 7) is 1.60. The Hall–Kier alpha value is -3.28. The van der Waals surface area contributed by atoms with Crippen molar-refractivity contribution in [2.45, 2.75) is 31.4 Å². The average Bonchev–Trinajstić information content (AvgIpc) is 3.39. The van der Waals surface area contributed by atoms with Crippen molar-refractivity contribution >= 4 is 33.4 Å². The third-order valence-electron chi connectivity index (χ3n) is 6.51. The number of amides is 3. The van der Waals surface area contributed by atoms with Gasteiger partial charge in [0.1, 0.15) is 0 Å². The van der Waals surface area contributed by atoms with Gasteiger partial charge in [0.25, 0.3) is 5.91 Å². The molecular formula is C25H30N4O6S. The van der Waals surface area contributed by atoms with Crippen LogP contribution in [0.3, 0.4) is 0 Å². The van der Waals surface area contributed by atoms with Crippen LogP contribution >= 0.6 is 0 Å². The summed E-state index contributed by atoms with van der Waals surface area (Å²) in [5, 5.41) is 12.8. The van der Waals surface area contributed by atoms with Gasteiger partial charge in [-0.1, -0.05) is 24.3 Å². The van der Waals surface area contributed by atoms with E-state index in [1.165, 1.54) is 6.07 Å². The Kier molecular flexibility index (Phi) is 7.43. The van der Waals surface area contributed by atoms with Crippen LogP contribution in [0.15, 0.2) is 42.5 Å². The van der Waals surface area contributed by atoms with E-state index < -0.39 is 28.1 Å². The number of rotatable bonds is 8. The lowest BCUT2D eigenvalue weighted by Gasteiger charge is -2.32. The quantitative estimate of drug-likeness (QED) is 0.471. The average molecular weight is 515 g/mol. The molecule has 3 amide bonds. The molecule has 3 N–H and O–H groups in total. The number of anilines is 1. The standard InChI is InChI=1S/C25H30N4O6S/c1-28(24(32)11-16-6-7-17-13-23(31)26-21(17)10-16)22(15-29-9-8-20(30)14-29)18-4-3-5-19(12-18)25(33)27-36(2,34)35/h3-7,10,12,20,22,30H,8-9,11,13-15H2,1-2H3,(H,26,31)(H,27,33)/t20-,22?/m0/s1. The molecule has 2 aliphatic heterocycles. The van der Waals surface area contributed by atoms with Crippen molar-refractivity contribution in [2.24, 2.45) is 0 Å². The van der Waals surface area contributed by atoms with Gasteiger partial charge in [0.2, 0.25) is 21.8 Å². The smallest absolute Gasteiger partial charge is 0.264 e. The van der Waals surface area contributed by atoms with Gasteiger partial charge in [-0.15, -0.1) is 0 Å². The van der Waals surface area contributed by atoms with Crippen molar-refractivity contribution in [1.29, 1.82) is 0 Å². The first-order chi connectivity index (χ1) is 17.0. The first kappa shape index (κ1) is 25.8. The van der Waals surface area contributed by atoms with Gasteiger partial charge < -0.3 is 15.3 Å². The number of sulfonamides is 1. The van der Waals surface area contributed by atoms with Gasteiger partial charge in [-0.05, 0) is 41.3 Å². The van der Waals surface area contributed by atoms with Gasteiger partial charge >= 0.3 is 0 Å². The van der Waals surface area contributed by atoms with Crippen LogP contribution in [0.4, 0.5) is 5.69 Å². The number of fused-ring (bicyclic) bond motifs is 1. The Morgan fingerprint density at radius 1 is 1.25 bits per heavy atom. The molecule has 11 heteroatoms. The van der Waals surface area contributed by atoms with E-state index in [0.717, 1.165) is 23.1 Å². The molecule has 1 unspecified atom stereocenters. The maximum Gasteiger partial charge on any atom is 0.264 e. The SMILES string of the molecule is CN(C(=O)Cc1ccc2c(c1)NC(=O)C2)C(CN1CC[C@H](O)C1)c1cccc(C(=O)NS(C)(=O)=O)c1. The molecule has 0 saturated carbocycles. The van der Waals surface area contributed by atoms with Gasteiger partial charge in [-0.2, -0.15) is 0 Å². The van der Waals surface area contributed by atoms with E-state index in [9.17, 15) is 27.9 Å². The van der Waals surface area contributed by atoms with E-state index in [1.807, 2.05) is 22.9 Å². The van der Waals surface area contributed by atoms with E-state index in [4.69, 9.17) is 0 Å². The second-order valence-corrected chi connectivity index (χ2v) is 11.2. The lowest BCUT2D eigenvalue weighted by atomic mass is 10.0. The molecule has 192 valence electrons. The largest absolute Gasteiger partial charge is 0.392 e. The Labute approximate surface area is 210 Å². The minimum atomic E-state index is -3.73. The Morgan fingerprint density at radius 2 is 2.03 bits per heavy atom. The highest BCUT2D eigenvalue weighted by molar-refractivity contribution is 7.89. The number of aliphatic hydroxyl groups is 1. The lowest BCUT2D eigenvalue weighted by molar-refractivity contribution is -0.131. The summed E-state index contributed by atoms with van der Waals surface area (Å²) in [6.07, 6.45) is 1.57. The third-order valence-corrected chi connectivity index (χ3v) is 7.06. The lowest BCUT2D eigenvalue weighted by Crippen LogP contribution is -2.39. The highest BCUT2D eigenvalue weighted by atomic mass is 32.2. The molecule has 0 aromatic heterocycles. The van der Waals surface area contributed by atoms with Gasteiger partial charge in [0.15, 0.2) is 0 Å². The number of carbonyl (C=O) groups is 3. The van der Waals surface area contributed by atoms with E-state index >= 15 is 0 Å². The van der Waals surface area contributed by atoms with Crippen molar-refractivity contribution in [3.63, 3.8) is 0 Å². The molecule has 2 heterocycles. The molecule has 36 heavy (non-hydrogen) atoms. The molecule has 2 aromatic rings. The number of β-amino-alcohol motifs (C(OH)–C–C–N with tert-alkyl or cyclic N) is 1. The summed E-state index contributed by atoms with van der Waals surface area (Å²) in [5.41, 5.74) is 3.23. The highest BCUT2D eigenvalue weighted by Gasteiger charge is 2.29. The van der Waals surface area contributed by atoms with Crippen molar-refractivity contribution in [3.8, 4) is 0 Å². The maximum absolute atomic E-state index is 13.3. The van der Waals surface area contributed by atoms with E-state index in [1.54, 1.807) is 30.1 Å². The molecule has 10 nitrogen and oxygen atoms in total. The maximum atomic E-state index is 13.3. The molecule has 2 atom stereocenters. The molecule has 4 rings (SSSR count). The van der Waals surface area contributed by atoms with Gasteiger partial charge in [0, 0.05) is 37.9 Å². The van der Waals surface area contributed by atoms with Crippen LogP contribution in [-0.2, 0) is 32.5 Å². The zero-order valence-corrected chi connectivity index (χ0v) is 21.0. The van der Waals surface area contributed by atoms with Crippen LogP contribution in [0, 0.1) is 0 Å². The van der Waals surface area contributed by atoms with Crippen molar-refractivity contribution < 1.29 is 27.9 Å². The van der Waals surface area contributed by atoms with E-state index in [2.05, 4.69) is 10.2 Å². The van der Waals surface area contributed by atoms with E-state index in [0.29, 0.717) is 38.0 Å². The topological polar surface area (TPSA) is 136 Å². The second kappa shape index (κ2) is 10.4. The summed E-state index contributed by atoms with van der Waals surface area (Å²) in [7, 11) is -2.04. The minimum absolute atomic E-state index is 0.0711. The number of hydrogen-bond donors (Lipinski definition) is 3. The highest BCUT2D eigenvalue weighted by Crippen LogP contribution is 2.27. The summed E-state index contributed by atoms with van der Waals surface area (Å²) >= 11 is 0. The molecule has 0 radical (unpaired) electrons. The number of hydrogen-bond acceptors (Lipinski definition) is 7. The predicted octanol–water partition coefficient (Wildman–Crippen LogP) is 0.679. The predicted molar refractivity (Wildman–Crippen MR) is 134 cm³/mol. The summed E-state index contributed by atoms with van der Waals surface area (Å²) in [5.74, 6) is -0.975. The zero-order chi connectivity index (χ0) is 26.0. The fraction of sp³-hybridized carbons (Fsp3) is 0.400. The van der Waals surface area contributed by atoms with Crippen molar-refractivity contribution in [1.82, 2.24) is 14.5 Å². The molecule has 1 fully saturated rings. The molecular weight excluding hydrogens is 484 g/mol. The number of likely N-dealkylation sites (tertiary alicyclic amines) is 1. The number of likely N-dealkylation sites (N-methyl/N-ethyl adjacent to an activating group) is 1. The molecule has 0 aliphatic carbocycles. The van der Waals surface area contributed by atoms with Crippen LogP contribution in [0.1, 0.15) is 39.5 Å². The first-order valence-electron chi connectivity index (χ1n) is 11.7. The second-order valence-electron chi connectivity index (χ2n) is 9.44. The fourth-order valence-electron chi connectivity index (χ4n) is 4.63. The monoisotopic (exact) mass is 514 g/mol. The van der Waals surface area contributed by atoms with Gasteiger partial charge in [0.05, 0.1) is 31.2 Å². The zero-order valence-electron chi connectivity index (χ0n) is 20.2. The molecule has 2 aromatic carbocycles. The Morgan fingerprint density at radius 3 is 2.72 bits per heavy atom. The Balaban J connectivity index is 1.57. The number of aliphatic hydroxyl groups excluding tert-OH is 1. The summed E-state index contributed by atoms with van der Waals surface area (Å²) in [6, 6.07) is 11.6. The van der Waals surface area contributed by atoms with Crippen LogP contribution < -0.4 is 10.0 Å². The van der Waals surface area contributed by atoms with Crippen molar-refractivity contribution in [2.75, 3.05) is 38.3 Å². The minimum Gasteiger partial charge on any atom is -0.392 e. The van der Waals surface area contributed by atoms with Crippen LogP contribution in [0.2, 0.25) is 0 Å². The molecule has 0 spiro atoms.